The number of amides is 2. The summed E-state index contributed by atoms with van der Waals surface area (Å²) in [5, 5.41) is 0.551. The van der Waals surface area contributed by atoms with Crippen molar-refractivity contribution in [2.45, 2.75) is 19.6 Å². The van der Waals surface area contributed by atoms with Crippen molar-refractivity contribution >= 4 is 34.1 Å². The summed E-state index contributed by atoms with van der Waals surface area (Å²) in [4.78, 5) is 30.6. The van der Waals surface area contributed by atoms with Crippen LogP contribution in [0, 0.1) is 23.7 Å². The molecule has 2 aromatic carbocycles. The highest BCUT2D eigenvalue weighted by atomic mass is 19.4. The summed E-state index contributed by atoms with van der Waals surface area (Å²) >= 11 is 0. The molecule has 1 aliphatic carbocycles. The van der Waals surface area contributed by atoms with E-state index in [1.54, 1.807) is 25.1 Å². The summed E-state index contributed by atoms with van der Waals surface area (Å²) in [7, 11) is 0. The van der Waals surface area contributed by atoms with Crippen LogP contribution in [-0.4, -0.2) is 65.1 Å². The molecule has 2 amide bonds. The Labute approximate surface area is 228 Å². The third-order valence-electron chi connectivity index (χ3n) is 8.91. The van der Waals surface area contributed by atoms with E-state index in [2.05, 4.69) is 16.4 Å². The second kappa shape index (κ2) is 9.05. The second-order valence-corrected chi connectivity index (χ2v) is 11.1. The van der Waals surface area contributed by atoms with E-state index < -0.39 is 12.7 Å². The van der Waals surface area contributed by atoms with Crippen molar-refractivity contribution in [1.29, 1.82) is 0 Å². The maximum atomic E-state index is 13.6. The summed E-state index contributed by atoms with van der Waals surface area (Å²) in [6, 6.07) is 10.3. The van der Waals surface area contributed by atoms with Crippen LogP contribution in [0.3, 0.4) is 0 Å². The first-order chi connectivity index (χ1) is 19.2. The van der Waals surface area contributed by atoms with Gasteiger partial charge in [0.25, 0.3) is 11.8 Å². The van der Waals surface area contributed by atoms with Crippen molar-refractivity contribution in [2.24, 2.45) is 23.7 Å². The lowest BCUT2D eigenvalue weighted by Crippen LogP contribution is -2.44. The van der Waals surface area contributed by atoms with E-state index in [1.807, 2.05) is 28.0 Å². The van der Waals surface area contributed by atoms with Crippen LogP contribution in [-0.2, 0) is 6.54 Å². The molecular formula is C28H29F3N6O3. The topological polar surface area (TPSA) is 90.9 Å². The lowest BCUT2D eigenvalue weighted by atomic mass is 9.60. The van der Waals surface area contributed by atoms with Gasteiger partial charge in [-0.1, -0.05) is 0 Å². The largest absolute Gasteiger partial charge is 0.493 e. The molecule has 0 bridgehead atoms. The highest BCUT2D eigenvalue weighted by Gasteiger charge is 2.59. The molecule has 40 heavy (non-hydrogen) atoms. The van der Waals surface area contributed by atoms with Gasteiger partial charge in [0.2, 0.25) is 0 Å². The molecule has 1 aromatic heterocycles. The molecule has 3 aliphatic heterocycles. The maximum absolute atomic E-state index is 13.6. The molecule has 1 saturated carbocycles. The lowest BCUT2D eigenvalue weighted by Gasteiger charge is -2.42. The molecule has 2 unspecified atom stereocenters. The zero-order valence-electron chi connectivity index (χ0n) is 21.8. The van der Waals surface area contributed by atoms with Gasteiger partial charge in [-0.3, -0.25) is 9.59 Å². The number of alkyl halides is 3. The molecule has 210 valence electrons. The molecule has 4 aliphatic rings. The first-order valence-corrected chi connectivity index (χ1v) is 13.5. The predicted octanol–water partition coefficient (Wildman–Crippen LogP) is 3.95. The van der Waals surface area contributed by atoms with E-state index in [0.717, 1.165) is 15.9 Å². The average molecular weight is 555 g/mol. The molecule has 4 heterocycles. The standard InChI is InChI=1S/C28H29F3N6O3/c1-2-40-25-9-16(8-24-17(25)5-6-35(24)14-28(29,30)31)27(39)37-12-20-18-10-36(11-19(18)21(20)13-37)26(38)15-3-4-22-23(7-15)33-34-32-22/h3-9,18-21,32-34H,2,10-14H2,1H3/t18-,19+,20?,21?. The zero-order valence-corrected chi connectivity index (χ0v) is 21.8. The lowest BCUT2D eigenvalue weighted by molar-refractivity contribution is -0.139. The van der Waals surface area contributed by atoms with Crippen molar-refractivity contribution in [1.82, 2.24) is 19.9 Å². The maximum Gasteiger partial charge on any atom is 0.406 e. The van der Waals surface area contributed by atoms with Crippen LogP contribution < -0.4 is 21.1 Å². The van der Waals surface area contributed by atoms with Gasteiger partial charge in [-0.15, -0.1) is 5.53 Å². The molecule has 4 atom stereocenters. The van der Waals surface area contributed by atoms with Crippen LogP contribution in [0.15, 0.2) is 42.6 Å². The summed E-state index contributed by atoms with van der Waals surface area (Å²) < 4.78 is 46.3. The normalized spacial score (nSPS) is 24.7. The zero-order chi connectivity index (χ0) is 27.8. The van der Waals surface area contributed by atoms with Crippen LogP contribution in [0.4, 0.5) is 24.5 Å². The fraction of sp³-hybridized carbons (Fsp3) is 0.429. The van der Waals surface area contributed by atoms with Gasteiger partial charge in [0.1, 0.15) is 12.3 Å². The number of likely N-dealkylation sites (tertiary alicyclic amines) is 2. The summed E-state index contributed by atoms with van der Waals surface area (Å²) in [6.07, 6.45) is -3.00. The monoisotopic (exact) mass is 554 g/mol. The Morgan fingerprint density at radius 2 is 1.50 bits per heavy atom. The average Bonchev–Trinajstić information content (AvgIpc) is 3.70. The molecular weight excluding hydrogens is 525 g/mol. The van der Waals surface area contributed by atoms with Gasteiger partial charge in [0.05, 0.1) is 23.5 Å². The van der Waals surface area contributed by atoms with Crippen molar-refractivity contribution < 1.29 is 27.5 Å². The number of hydrogen-bond donors (Lipinski definition) is 3. The van der Waals surface area contributed by atoms with Crippen LogP contribution in [0.25, 0.3) is 10.9 Å². The van der Waals surface area contributed by atoms with Crippen molar-refractivity contribution in [2.75, 3.05) is 43.6 Å². The number of hydrogen-bond acceptors (Lipinski definition) is 6. The van der Waals surface area contributed by atoms with E-state index >= 15 is 0 Å². The van der Waals surface area contributed by atoms with Gasteiger partial charge in [-0.05, 0) is 67.0 Å². The molecule has 0 spiro atoms. The van der Waals surface area contributed by atoms with Crippen molar-refractivity contribution in [3.05, 3.63) is 53.7 Å². The minimum absolute atomic E-state index is 0.00974. The Bertz CT molecular complexity index is 1500. The van der Waals surface area contributed by atoms with Crippen molar-refractivity contribution in [3.8, 4) is 5.75 Å². The number of hydrazine groups is 2. The predicted molar refractivity (Wildman–Crippen MR) is 142 cm³/mol. The fourth-order valence-electron chi connectivity index (χ4n) is 7.12. The molecule has 3 N–H and O–H groups in total. The summed E-state index contributed by atoms with van der Waals surface area (Å²) in [5.41, 5.74) is 11.8. The molecule has 3 fully saturated rings. The Hall–Kier alpha value is -3.93. The Morgan fingerprint density at radius 3 is 2.12 bits per heavy atom. The minimum atomic E-state index is -4.38. The SMILES string of the molecule is CCOc1cc(C(=O)N2CC3C(C2)[C@@H]2CN(C(=O)c4ccc5c(c4)NNN5)C[C@H]32)cc2c1ccn2CC(F)(F)F. The van der Waals surface area contributed by atoms with E-state index in [-0.39, 0.29) is 11.8 Å². The van der Waals surface area contributed by atoms with Gasteiger partial charge in [0, 0.05) is 48.9 Å². The van der Waals surface area contributed by atoms with Crippen LogP contribution in [0.2, 0.25) is 0 Å². The van der Waals surface area contributed by atoms with Gasteiger partial charge < -0.3 is 30.0 Å². The smallest absolute Gasteiger partial charge is 0.406 e. The number of nitrogens with one attached hydrogen (secondary N) is 3. The Morgan fingerprint density at radius 1 is 0.875 bits per heavy atom. The number of aromatic nitrogens is 1. The van der Waals surface area contributed by atoms with Crippen LogP contribution in [0.5, 0.6) is 5.75 Å². The van der Waals surface area contributed by atoms with E-state index in [0.29, 0.717) is 84.2 Å². The first kappa shape index (κ1) is 25.1. The number of rotatable bonds is 5. The number of benzene rings is 2. The number of anilines is 2. The molecule has 9 nitrogen and oxygen atoms in total. The van der Waals surface area contributed by atoms with E-state index in [9.17, 15) is 22.8 Å². The van der Waals surface area contributed by atoms with E-state index in [1.165, 1.54) is 6.20 Å². The molecule has 7 rings (SSSR count). The third kappa shape index (κ3) is 4.04. The highest BCUT2D eigenvalue weighted by Crippen LogP contribution is 2.54. The summed E-state index contributed by atoms with van der Waals surface area (Å²) in [6.45, 7) is 3.49. The van der Waals surface area contributed by atoms with Gasteiger partial charge >= 0.3 is 6.18 Å². The number of nitrogens with zero attached hydrogens (tertiary/aromatic N) is 3. The van der Waals surface area contributed by atoms with Crippen LogP contribution in [0.1, 0.15) is 27.6 Å². The number of ether oxygens (including phenoxy) is 1. The fourth-order valence-corrected chi connectivity index (χ4v) is 7.12. The molecule has 3 aromatic rings. The number of fused-ring (bicyclic) bond motifs is 6. The van der Waals surface area contributed by atoms with Crippen LogP contribution >= 0.6 is 0 Å². The number of halogens is 3. The van der Waals surface area contributed by atoms with Gasteiger partial charge in [0.15, 0.2) is 0 Å². The molecule has 2 saturated heterocycles. The Kier molecular flexibility index (Phi) is 5.67. The molecule has 12 heteroatoms. The second-order valence-electron chi connectivity index (χ2n) is 11.1. The number of carbonyl (C=O) groups is 2. The third-order valence-corrected chi connectivity index (χ3v) is 8.91. The highest BCUT2D eigenvalue weighted by molar-refractivity contribution is 6.00. The quantitative estimate of drug-likeness (QED) is 0.443. The number of carbonyl (C=O) groups excluding carboxylic acids is 2. The van der Waals surface area contributed by atoms with Gasteiger partial charge in [-0.25, -0.2) is 0 Å². The Balaban J connectivity index is 1.06. The van der Waals surface area contributed by atoms with Gasteiger partial charge in [-0.2, -0.15) is 13.2 Å². The van der Waals surface area contributed by atoms with Crippen molar-refractivity contribution in [3.63, 3.8) is 0 Å². The molecule has 0 radical (unpaired) electrons. The first-order valence-electron chi connectivity index (χ1n) is 13.5. The van der Waals surface area contributed by atoms with E-state index in [4.69, 9.17) is 4.74 Å². The summed E-state index contributed by atoms with van der Waals surface area (Å²) in [5.74, 6) is 1.52. The minimum Gasteiger partial charge on any atom is -0.493 e.